The monoisotopic (exact) mass is 288 g/mol. The summed E-state index contributed by atoms with van der Waals surface area (Å²) < 4.78 is 0. The first-order valence-electron chi connectivity index (χ1n) is 6.51. The summed E-state index contributed by atoms with van der Waals surface area (Å²) >= 11 is 11.9. The van der Waals surface area contributed by atoms with Gasteiger partial charge in [0.05, 0.1) is 10.0 Å². The Labute approximate surface area is 120 Å². The molecule has 2 nitrogen and oxygen atoms in total. The van der Waals surface area contributed by atoms with Gasteiger partial charge in [0.1, 0.15) is 0 Å². The zero-order chi connectivity index (χ0) is 13.4. The zero-order valence-electron chi connectivity index (χ0n) is 11.1. The molecule has 0 aliphatic carbocycles. The minimum atomic E-state index is 0.485. The number of rotatable bonds is 8. The Balaban J connectivity index is 2.22. The fourth-order valence-corrected chi connectivity index (χ4v) is 2.05. The molecule has 0 amide bonds. The summed E-state index contributed by atoms with van der Waals surface area (Å²) in [5.41, 5.74) is 1.21. The predicted molar refractivity (Wildman–Crippen MR) is 80.8 cm³/mol. The quantitative estimate of drug-likeness (QED) is 0.716. The molecule has 1 aromatic carbocycles. The van der Waals surface area contributed by atoms with Crippen LogP contribution in [0.15, 0.2) is 18.2 Å². The van der Waals surface area contributed by atoms with Crippen LogP contribution in [0.4, 0.5) is 0 Å². The lowest BCUT2D eigenvalue weighted by Gasteiger charge is -2.14. The smallest absolute Gasteiger partial charge is 0.0595 e. The topological polar surface area (TPSA) is 24.1 Å². The first kappa shape index (κ1) is 15.8. The van der Waals surface area contributed by atoms with E-state index in [0.29, 0.717) is 16.1 Å². The summed E-state index contributed by atoms with van der Waals surface area (Å²) in [6, 6.07) is 6.30. The normalized spacial score (nSPS) is 12.7. The van der Waals surface area contributed by atoms with Gasteiger partial charge in [-0.25, -0.2) is 0 Å². The van der Waals surface area contributed by atoms with Gasteiger partial charge in [-0.3, -0.25) is 0 Å². The molecule has 1 unspecified atom stereocenters. The minimum Gasteiger partial charge on any atom is -0.315 e. The number of hydrogen-bond donors (Lipinski definition) is 2. The summed E-state index contributed by atoms with van der Waals surface area (Å²) in [5.74, 6) is 0. The number of halogens is 2. The molecule has 0 bridgehead atoms. The molecule has 2 N–H and O–H groups in total. The molecule has 1 aromatic rings. The van der Waals surface area contributed by atoms with Crippen LogP contribution in [0.3, 0.4) is 0 Å². The predicted octanol–water partition coefficient (Wildman–Crippen LogP) is 3.51. The first-order chi connectivity index (χ1) is 8.63. The van der Waals surface area contributed by atoms with Crippen molar-refractivity contribution in [2.45, 2.75) is 32.7 Å². The molecule has 0 heterocycles. The lowest BCUT2D eigenvalue weighted by molar-refractivity contribution is 0.504. The largest absolute Gasteiger partial charge is 0.315 e. The number of benzene rings is 1. The van der Waals surface area contributed by atoms with Crippen LogP contribution in [0.25, 0.3) is 0 Å². The van der Waals surface area contributed by atoms with E-state index in [0.717, 1.165) is 26.1 Å². The van der Waals surface area contributed by atoms with Crippen LogP contribution in [0, 0.1) is 0 Å². The van der Waals surface area contributed by atoms with Crippen molar-refractivity contribution in [2.75, 3.05) is 19.6 Å². The average Bonchev–Trinajstić information content (AvgIpc) is 2.34. The summed E-state index contributed by atoms with van der Waals surface area (Å²) in [6.07, 6.45) is 2.14. The average molecular weight is 289 g/mol. The van der Waals surface area contributed by atoms with Gasteiger partial charge in [-0.1, -0.05) is 36.2 Å². The van der Waals surface area contributed by atoms with Crippen LogP contribution >= 0.6 is 23.2 Å². The molecule has 4 heteroatoms. The highest BCUT2D eigenvalue weighted by atomic mass is 35.5. The van der Waals surface area contributed by atoms with Crippen molar-refractivity contribution in [1.82, 2.24) is 10.6 Å². The van der Waals surface area contributed by atoms with Gasteiger partial charge >= 0.3 is 0 Å². The van der Waals surface area contributed by atoms with E-state index in [4.69, 9.17) is 23.2 Å². The molecule has 1 rings (SSSR count). The second-order valence-electron chi connectivity index (χ2n) is 4.56. The van der Waals surface area contributed by atoms with Gasteiger partial charge in [-0.2, -0.15) is 0 Å². The third-order valence-corrected chi connectivity index (χ3v) is 3.51. The summed E-state index contributed by atoms with van der Waals surface area (Å²) in [5, 5.41) is 8.13. The summed E-state index contributed by atoms with van der Waals surface area (Å²) in [6.45, 7) is 7.41. The van der Waals surface area contributed by atoms with Gasteiger partial charge in [0, 0.05) is 12.6 Å². The molecule has 0 aliphatic heterocycles. The molecular formula is C14H22Cl2N2. The maximum atomic E-state index is 5.98. The van der Waals surface area contributed by atoms with Gasteiger partial charge in [0.15, 0.2) is 0 Å². The zero-order valence-corrected chi connectivity index (χ0v) is 12.6. The molecule has 102 valence electrons. The van der Waals surface area contributed by atoms with Crippen molar-refractivity contribution in [3.8, 4) is 0 Å². The van der Waals surface area contributed by atoms with Gasteiger partial charge in [0.2, 0.25) is 0 Å². The molecule has 0 fully saturated rings. The van der Waals surface area contributed by atoms with Crippen molar-refractivity contribution in [3.05, 3.63) is 33.8 Å². The summed E-state index contributed by atoms with van der Waals surface area (Å²) in [7, 11) is 0. The lowest BCUT2D eigenvalue weighted by atomic mass is 10.1. The Morgan fingerprint density at radius 1 is 1.17 bits per heavy atom. The highest BCUT2D eigenvalue weighted by molar-refractivity contribution is 6.42. The van der Waals surface area contributed by atoms with Crippen molar-refractivity contribution in [1.29, 1.82) is 0 Å². The molecule has 0 radical (unpaired) electrons. The van der Waals surface area contributed by atoms with Crippen molar-refractivity contribution in [2.24, 2.45) is 0 Å². The van der Waals surface area contributed by atoms with Gasteiger partial charge in [0.25, 0.3) is 0 Å². The number of nitrogens with one attached hydrogen (secondary N) is 2. The third-order valence-electron chi connectivity index (χ3n) is 2.77. The van der Waals surface area contributed by atoms with Gasteiger partial charge < -0.3 is 10.6 Å². The molecule has 1 atom stereocenters. The van der Waals surface area contributed by atoms with Crippen LogP contribution < -0.4 is 10.6 Å². The summed E-state index contributed by atoms with van der Waals surface area (Å²) in [4.78, 5) is 0. The molecule has 18 heavy (non-hydrogen) atoms. The van der Waals surface area contributed by atoms with Crippen molar-refractivity contribution < 1.29 is 0 Å². The highest BCUT2D eigenvalue weighted by Crippen LogP contribution is 2.22. The Bertz CT molecular complexity index is 356. The van der Waals surface area contributed by atoms with E-state index < -0.39 is 0 Å². The first-order valence-corrected chi connectivity index (χ1v) is 7.27. The SMILES string of the molecule is CCCNCC(C)NCCc1ccc(Cl)c(Cl)c1. The second kappa shape index (κ2) is 8.76. The molecule has 0 aromatic heterocycles. The van der Waals surface area contributed by atoms with E-state index in [-0.39, 0.29) is 0 Å². The fraction of sp³-hybridized carbons (Fsp3) is 0.571. The second-order valence-corrected chi connectivity index (χ2v) is 5.37. The lowest BCUT2D eigenvalue weighted by Crippen LogP contribution is -2.37. The number of hydrogen-bond acceptors (Lipinski definition) is 2. The Morgan fingerprint density at radius 2 is 1.94 bits per heavy atom. The van der Waals surface area contributed by atoms with Crippen LogP contribution in [0.1, 0.15) is 25.8 Å². The third kappa shape index (κ3) is 6.05. The maximum absolute atomic E-state index is 5.98. The van der Waals surface area contributed by atoms with E-state index in [1.807, 2.05) is 18.2 Å². The highest BCUT2D eigenvalue weighted by Gasteiger charge is 2.02. The maximum Gasteiger partial charge on any atom is 0.0595 e. The fourth-order valence-electron chi connectivity index (χ4n) is 1.73. The van der Waals surface area contributed by atoms with E-state index in [2.05, 4.69) is 24.5 Å². The molecule has 0 spiro atoms. The van der Waals surface area contributed by atoms with Gasteiger partial charge in [-0.05, 0) is 50.6 Å². The standard InChI is InChI=1S/C14H22Cl2N2/c1-3-7-17-10-11(2)18-8-6-12-4-5-13(15)14(16)9-12/h4-5,9,11,17-18H,3,6-8,10H2,1-2H3. The van der Waals surface area contributed by atoms with Crippen LogP contribution in [-0.4, -0.2) is 25.7 Å². The van der Waals surface area contributed by atoms with Crippen LogP contribution in [-0.2, 0) is 6.42 Å². The van der Waals surface area contributed by atoms with Crippen LogP contribution in [0.2, 0.25) is 10.0 Å². The van der Waals surface area contributed by atoms with Crippen LogP contribution in [0.5, 0.6) is 0 Å². The molecular weight excluding hydrogens is 267 g/mol. The van der Waals surface area contributed by atoms with E-state index in [1.54, 1.807) is 0 Å². The van der Waals surface area contributed by atoms with Gasteiger partial charge in [-0.15, -0.1) is 0 Å². The van der Waals surface area contributed by atoms with E-state index in [1.165, 1.54) is 12.0 Å². The van der Waals surface area contributed by atoms with Crippen molar-refractivity contribution >= 4 is 23.2 Å². The molecule has 0 saturated heterocycles. The molecule has 0 aliphatic rings. The van der Waals surface area contributed by atoms with E-state index >= 15 is 0 Å². The Hall–Kier alpha value is -0.280. The Kier molecular flexibility index (Phi) is 7.68. The minimum absolute atomic E-state index is 0.485. The van der Waals surface area contributed by atoms with Crippen molar-refractivity contribution in [3.63, 3.8) is 0 Å². The molecule has 0 saturated carbocycles. The Morgan fingerprint density at radius 3 is 2.61 bits per heavy atom. The van der Waals surface area contributed by atoms with E-state index in [9.17, 15) is 0 Å².